The first-order chi connectivity index (χ1) is 8.78. The zero-order valence-corrected chi connectivity index (χ0v) is 11.0. The molecule has 1 fully saturated rings. The minimum Gasteiger partial charge on any atom is -0.491 e. The van der Waals surface area contributed by atoms with Crippen LogP contribution in [-0.4, -0.2) is 55.6 Å². The van der Waals surface area contributed by atoms with Gasteiger partial charge in [0.15, 0.2) is 0 Å². The molecule has 1 aliphatic heterocycles. The van der Waals surface area contributed by atoms with Gasteiger partial charge in [-0.1, -0.05) is 11.6 Å². The van der Waals surface area contributed by atoms with E-state index in [1.54, 1.807) is 12.1 Å². The largest absolute Gasteiger partial charge is 0.491 e. The van der Waals surface area contributed by atoms with Crippen LogP contribution in [-0.2, 0) is 4.74 Å². The summed E-state index contributed by atoms with van der Waals surface area (Å²) in [4.78, 5) is 2.18. The molecule has 18 heavy (non-hydrogen) atoms. The predicted molar refractivity (Wildman–Crippen MR) is 70.2 cm³/mol. The summed E-state index contributed by atoms with van der Waals surface area (Å²) in [5.41, 5.74) is 0. The molecule has 1 aromatic carbocycles. The highest BCUT2D eigenvalue weighted by molar-refractivity contribution is 6.30. The topological polar surface area (TPSA) is 41.9 Å². The molecule has 1 N–H and O–H groups in total. The van der Waals surface area contributed by atoms with Crippen molar-refractivity contribution in [3.63, 3.8) is 0 Å². The maximum Gasteiger partial charge on any atom is 0.119 e. The highest BCUT2D eigenvalue weighted by atomic mass is 35.5. The highest BCUT2D eigenvalue weighted by Gasteiger charge is 2.20. The number of nitrogens with zero attached hydrogens (tertiary/aromatic N) is 1. The summed E-state index contributed by atoms with van der Waals surface area (Å²) in [7, 11) is 0. The predicted octanol–water partition coefficient (Wildman–Crippen LogP) is 1.41. The van der Waals surface area contributed by atoms with Gasteiger partial charge in [0.05, 0.1) is 13.2 Å². The van der Waals surface area contributed by atoms with Crippen molar-refractivity contribution in [2.45, 2.75) is 6.10 Å². The van der Waals surface area contributed by atoms with Crippen molar-refractivity contribution in [2.75, 3.05) is 39.5 Å². The molecule has 1 aromatic rings. The van der Waals surface area contributed by atoms with E-state index in [2.05, 4.69) is 4.90 Å². The summed E-state index contributed by atoms with van der Waals surface area (Å²) in [6, 6.07) is 7.29. The van der Waals surface area contributed by atoms with Gasteiger partial charge in [0.25, 0.3) is 0 Å². The lowest BCUT2D eigenvalue weighted by molar-refractivity contribution is -0.0508. The highest BCUT2D eigenvalue weighted by Crippen LogP contribution is 2.16. The molecule has 2 rings (SSSR count). The fourth-order valence-electron chi connectivity index (χ4n) is 1.95. The zero-order chi connectivity index (χ0) is 12.8. The number of β-amino-alcohol motifs (C(OH)–C–C–N with tert-alkyl or cyclic N) is 1. The Bertz CT molecular complexity index is 356. The smallest absolute Gasteiger partial charge is 0.119 e. The van der Waals surface area contributed by atoms with Gasteiger partial charge in [-0.05, 0) is 24.3 Å². The van der Waals surface area contributed by atoms with Crippen molar-refractivity contribution in [1.82, 2.24) is 4.90 Å². The SMILES string of the molecule is OCCN1CCO[C@H](COc2ccc(Cl)cc2)C1. The Morgan fingerprint density at radius 3 is 2.89 bits per heavy atom. The molecule has 1 saturated heterocycles. The summed E-state index contributed by atoms with van der Waals surface area (Å²) in [6.45, 7) is 3.76. The van der Waals surface area contributed by atoms with Crippen LogP contribution in [0.3, 0.4) is 0 Å². The number of ether oxygens (including phenoxy) is 2. The molecule has 0 saturated carbocycles. The maximum absolute atomic E-state index is 8.91. The van der Waals surface area contributed by atoms with Crippen LogP contribution in [0.5, 0.6) is 5.75 Å². The first-order valence-corrected chi connectivity index (χ1v) is 6.49. The van der Waals surface area contributed by atoms with Gasteiger partial charge in [0, 0.05) is 24.7 Å². The van der Waals surface area contributed by atoms with Gasteiger partial charge in [-0.15, -0.1) is 0 Å². The number of aliphatic hydroxyl groups excluding tert-OH is 1. The molecule has 0 aliphatic carbocycles. The van der Waals surface area contributed by atoms with Crippen LogP contribution in [0.2, 0.25) is 5.02 Å². The number of morpholine rings is 1. The van der Waals surface area contributed by atoms with E-state index >= 15 is 0 Å². The van der Waals surface area contributed by atoms with Gasteiger partial charge < -0.3 is 14.6 Å². The summed E-state index contributed by atoms with van der Waals surface area (Å²) in [5.74, 6) is 0.794. The second-order valence-electron chi connectivity index (χ2n) is 4.28. The van der Waals surface area contributed by atoms with Crippen LogP contribution in [0.25, 0.3) is 0 Å². The Balaban J connectivity index is 1.77. The third kappa shape index (κ3) is 4.14. The van der Waals surface area contributed by atoms with Gasteiger partial charge in [-0.25, -0.2) is 0 Å². The van der Waals surface area contributed by atoms with Gasteiger partial charge >= 0.3 is 0 Å². The van der Waals surface area contributed by atoms with Crippen molar-refractivity contribution in [3.05, 3.63) is 29.3 Å². The van der Waals surface area contributed by atoms with Crippen LogP contribution in [0.1, 0.15) is 0 Å². The third-order valence-corrected chi connectivity index (χ3v) is 3.14. The van der Waals surface area contributed by atoms with Crippen molar-refractivity contribution < 1.29 is 14.6 Å². The number of hydrogen-bond donors (Lipinski definition) is 1. The number of halogens is 1. The van der Waals surface area contributed by atoms with Crippen LogP contribution in [0, 0.1) is 0 Å². The fourth-order valence-corrected chi connectivity index (χ4v) is 2.07. The lowest BCUT2D eigenvalue weighted by Crippen LogP contribution is -2.45. The van der Waals surface area contributed by atoms with E-state index in [0.717, 1.165) is 18.8 Å². The Morgan fingerprint density at radius 1 is 1.39 bits per heavy atom. The van der Waals surface area contributed by atoms with Crippen molar-refractivity contribution in [2.24, 2.45) is 0 Å². The van der Waals surface area contributed by atoms with Gasteiger partial charge in [0.2, 0.25) is 0 Å². The quantitative estimate of drug-likeness (QED) is 0.879. The van der Waals surface area contributed by atoms with Crippen molar-refractivity contribution in [3.8, 4) is 5.75 Å². The molecule has 0 amide bonds. The average molecular weight is 272 g/mol. The molecule has 0 aromatic heterocycles. The van der Waals surface area contributed by atoms with Crippen LogP contribution in [0.4, 0.5) is 0 Å². The number of aliphatic hydroxyl groups is 1. The molecule has 0 spiro atoms. The zero-order valence-electron chi connectivity index (χ0n) is 10.2. The second kappa shape index (κ2) is 6.95. The van der Waals surface area contributed by atoms with Crippen LogP contribution < -0.4 is 4.74 Å². The molecule has 0 radical (unpaired) electrons. The summed E-state index contributed by atoms with van der Waals surface area (Å²) in [5, 5.41) is 9.61. The molecule has 1 atom stereocenters. The summed E-state index contributed by atoms with van der Waals surface area (Å²) in [6.07, 6.45) is 0.0565. The molecule has 0 bridgehead atoms. The van der Waals surface area contributed by atoms with E-state index in [9.17, 15) is 0 Å². The van der Waals surface area contributed by atoms with Crippen LogP contribution in [0.15, 0.2) is 24.3 Å². The Morgan fingerprint density at radius 2 is 2.17 bits per heavy atom. The minimum atomic E-state index is 0.0565. The third-order valence-electron chi connectivity index (χ3n) is 2.89. The summed E-state index contributed by atoms with van der Waals surface area (Å²) < 4.78 is 11.3. The number of benzene rings is 1. The molecule has 1 heterocycles. The Hall–Kier alpha value is -0.810. The van der Waals surface area contributed by atoms with Crippen molar-refractivity contribution in [1.29, 1.82) is 0 Å². The lowest BCUT2D eigenvalue weighted by atomic mass is 10.3. The lowest BCUT2D eigenvalue weighted by Gasteiger charge is -2.32. The second-order valence-corrected chi connectivity index (χ2v) is 4.72. The van der Waals surface area contributed by atoms with Crippen LogP contribution >= 0.6 is 11.6 Å². The van der Waals surface area contributed by atoms with E-state index in [1.165, 1.54) is 0 Å². The van der Waals surface area contributed by atoms with E-state index < -0.39 is 0 Å². The number of rotatable bonds is 5. The van der Waals surface area contributed by atoms with E-state index in [0.29, 0.717) is 24.8 Å². The Kier molecular flexibility index (Phi) is 5.26. The van der Waals surface area contributed by atoms with E-state index in [4.69, 9.17) is 26.2 Å². The molecule has 1 aliphatic rings. The van der Waals surface area contributed by atoms with Gasteiger partial charge in [0.1, 0.15) is 18.5 Å². The first kappa shape index (κ1) is 13.6. The standard InChI is InChI=1S/C13H18ClNO3/c14-11-1-3-12(4-2-11)18-10-13-9-15(5-7-16)6-8-17-13/h1-4,13,16H,5-10H2/t13-/m0/s1. The Labute approximate surface area is 112 Å². The minimum absolute atomic E-state index is 0.0565. The maximum atomic E-state index is 8.91. The summed E-state index contributed by atoms with van der Waals surface area (Å²) >= 11 is 5.80. The van der Waals surface area contributed by atoms with Gasteiger partial charge in [-0.3, -0.25) is 4.90 Å². The van der Waals surface area contributed by atoms with Crippen molar-refractivity contribution >= 4 is 11.6 Å². The molecular formula is C13H18ClNO3. The van der Waals surface area contributed by atoms with E-state index in [-0.39, 0.29) is 12.7 Å². The monoisotopic (exact) mass is 271 g/mol. The fraction of sp³-hybridized carbons (Fsp3) is 0.538. The van der Waals surface area contributed by atoms with Gasteiger partial charge in [-0.2, -0.15) is 0 Å². The molecule has 100 valence electrons. The number of hydrogen-bond acceptors (Lipinski definition) is 4. The molecule has 4 nitrogen and oxygen atoms in total. The average Bonchev–Trinajstić information content (AvgIpc) is 2.39. The molecule has 5 heteroatoms. The normalized spacial score (nSPS) is 20.9. The molecule has 0 unspecified atom stereocenters. The van der Waals surface area contributed by atoms with E-state index in [1.807, 2.05) is 12.1 Å². The first-order valence-electron chi connectivity index (χ1n) is 6.11. The molecular weight excluding hydrogens is 254 g/mol.